The lowest BCUT2D eigenvalue weighted by molar-refractivity contribution is 0.193. The third-order valence-corrected chi connectivity index (χ3v) is 4.31. The third-order valence-electron chi connectivity index (χ3n) is 4.31. The zero-order valence-corrected chi connectivity index (χ0v) is 13.9. The Hall–Kier alpha value is -2.34. The Morgan fingerprint density at radius 1 is 1.30 bits per heavy atom. The number of likely N-dealkylation sites (N-methyl/N-ethyl adjacent to an activating group) is 1. The molecule has 0 saturated carbocycles. The summed E-state index contributed by atoms with van der Waals surface area (Å²) >= 11 is 0. The van der Waals surface area contributed by atoms with Gasteiger partial charge >= 0.3 is 6.03 Å². The predicted octanol–water partition coefficient (Wildman–Crippen LogP) is 1.75. The molecule has 1 aliphatic rings. The number of fused-ring (bicyclic) bond motifs is 1. The van der Waals surface area contributed by atoms with Crippen molar-refractivity contribution in [2.75, 3.05) is 20.6 Å². The molecule has 6 nitrogen and oxygen atoms in total. The molecule has 3 rings (SSSR count). The van der Waals surface area contributed by atoms with Crippen LogP contribution in [0, 0.1) is 0 Å². The van der Waals surface area contributed by atoms with Gasteiger partial charge in [0.25, 0.3) is 0 Å². The van der Waals surface area contributed by atoms with E-state index < -0.39 is 0 Å². The number of hydrogen-bond donors (Lipinski definition) is 1. The van der Waals surface area contributed by atoms with E-state index >= 15 is 0 Å². The van der Waals surface area contributed by atoms with Crippen LogP contribution < -0.4 is 5.32 Å². The molecule has 2 heterocycles. The van der Waals surface area contributed by atoms with E-state index in [1.807, 2.05) is 50.6 Å². The van der Waals surface area contributed by atoms with Crippen molar-refractivity contribution in [2.45, 2.75) is 19.1 Å². The molecule has 0 radical (unpaired) electrons. The zero-order valence-electron chi connectivity index (χ0n) is 13.9. The van der Waals surface area contributed by atoms with Gasteiger partial charge in [0.2, 0.25) is 0 Å². The molecule has 0 aliphatic carbocycles. The number of aromatic nitrogens is 2. The van der Waals surface area contributed by atoms with Crippen molar-refractivity contribution in [3.05, 3.63) is 53.3 Å². The minimum Gasteiger partial charge on any atom is -0.336 e. The van der Waals surface area contributed by atoms with Gasteiger partial charge in [-0.05, 0) is 25.2 Å². The SMILES string of the molecule is CN(C)[C@H](CNC(=O)N1Cc2ccccc2C1)c1cnn(C)c1. The van der Waals surface area contributed by atoms with Crippen LogP contribution in [0.15, 0.2) is 36.7 Å². The summed E-state index contributed by atoms with van der Waals surface area (Å²) in [5.41, 5.74) is 3.57. The first-order valence-corrected chi connectivity index (χ1v) is 7.79. The molecule has 0 bridgehead atoms. The molecule has 2 amide bonds. The fraction of sp³-hybridized carbons (Fsp3) is 0.412. The third kappa shape index (κ3) is 3.37. The van der Waals surface area contributed by atoms with Gasteiger partial charge in [0, 0.05) is 38.4 Å². The van der Waals surface area contributed by atoms with Crippen molar-refractivity contribution >= 4 is 6.03 Å². The van der Waals surface area contributed by atoms with E-state index in [1.54, 1.807) is 4.68 Å². The highest BCUT2D eigenvalue weighted by Crippen LogP contribution is 2.22. The van der Waals surface area contributed by atoms with E-state index in [1.165, 1.54) is 11.1 Å². The summed E-state index contributed by atoms with van der Waals surface area (Å²) < 4.78 is 1.78. The van der Waals surface area contributed by atoms with Crippen molar-refractivity contribution in [3.8, 4) is 0 Å². The van der Waals surface area contributed by atoms with Crippen LogP contribution in [-0.4, -0.2) is 46.3 Å². The van der Waals surface area contributed by atoms with Gasteiger partial charge < -0.3 is 15.1 Å². The van der Waals surface area contributed by atoms with Gasteiger partial charge in [0.05, 0.1) is 12.2 Å². The average molecular weight is 313 g/mol. The molecule has 1 aromatic carbocycles. The minimum atomic E-state index is -0.0167. The van der Waals surface area contributed by atoms with Gasteiger partial charge in [-0.25, -0.2) is 4.79 Å². The van der Waals surface area contributed by atoms with E-state index in [4.69, 9.17) is 0 Å². The summed E-state index contributed by atoms with van der Waals surface area (Å²) in [6, 6.07) is 8.30. The molecule has 23 heavy (non-hydrogen) atoms. The van der Waals surface area contributed by atoms with E-state index in [0.717, 1.165) is 5.56 Å². The first-order valence-electron chi connectivity index (χ1n) is 7.79. The van der Waals surface area contributed by atoms with Gasteiger partial charge in [0.15, 0.2) is 0 Å². The second-order valence-corrected chi connectivity index (χ2v) is 6.24. The highest BCUT2D eigenvalue weighted by Gasteiger charge is 2.24. The van der Waals surface area contributed by atoms with Crippen LogP contribution in [0.2, 0.25) is 0 Å². The molecule has 122 valence electrons. The number of nitrogens with one attached hydrogen (secondary N) is 1. The summed E-state index contributed by atoms with van der Waals surface area (Å²) in [4.78, 5) is 16.4. The van der Waals surface area contributed by atoms with Crippen LogP contribution in [0.5, 0.6) is 0 Å². The van der Waals surface area contributed by atoms with Crippen molar-refractivity contribution in [3.63, 3.8) is 0 Å². The highest BCUT2D eigenvalue weighted by atomic mass is 16.2. The maximum Gasteiger partial charge on any atom is 0.318 e. The van der Waals surface area contributed by atoms with Crippen LogP contribution in [-0.2, 0) is 20.1 Å². The zero-order chi connectivity index (χ0) is 16.4. The van der Waals surface area contributed by atoms with E-state index in [-0.39, 0.29) is 12.1 Å². The summed E-state index contributed by atoms with van der Waals surface area (Å²) in [5.74, 6) is 0. The first-order chi connectivity index (χ1) is 11.0. The van der Waals surface area contributed by atoms with Gasteiger partial charge in [-0.15, -0.1) is 0 Å². The maximum atomic E-state index is 12.5. The predicted molar refractivity (Wildman–Crippen MR) is 88.7 cm³/mol. The lowest BCUT2D eigenvalue weighted by atomic mass is 10.1. The molecule has 1 atom stereocenters. The number of carbonyl (C=O) groups is 1. The molecule has 6 heteroatoms. The van der Waals surface area contributed by atoms with E-state index in [0.29, 0.717) is 19.6 Å². The van der Waals surface area contributed by atoms with Crippen molar-refractivity contribution < 1.29 is 4.79 Å². The molecule has 1 aliphatic heterocycles. The number of urea groups is 1. The normalized spacial score (nSPS) is 14.9. The van der Waals surface area contributed by atoms with Crippen LogP contribution in [0.25, 0.3) is 0 Å². The number of aryl methyl sites for hydroxylation is 1. The fourth-order valence-electron chi connectivity index (χ4n) is 2.98. The quantitative estimate of drug-likeness (QED) is 0.935. The molecule has 0 unspecified atom stereocenters. The standard InChI is InChI=1S/C17H23N5O/c1-20(2)16(15-8-19-21(3)10-15)9-18-17(23)22-11-13-6-4-5-7-14(13)12-22/h4-8,10,16H,9,11-12H2,1-3H3,(H,18,23)/t16-/m1/s1. The molecule has 0 spiro atoms. The highest BCUT2D eigenvalue weighted by molar-refractivity contribution is 5.75. The van der Waals surface area contributed by atoms with Gasteiger partial charge in [0.1, 0.15) is 0 Å². The fourth-order valence-corrected chi connectivity index (χ4v) is 2.98. The summed E-state index contributed by atoms with van der Waals surface area (Å²) in [6.45, 7) is 1.92. The van der Waals surface area contributed by atoms with Crippen LogP contribution in [0.3, 0.4) is 0 Å². The maximum absolute atomic E-state index is 12.5. The summed E-state index contributed by atoms with van der Waals surface area (Å²) in [5, 5.41) is 7.28. The average Bonchev–Trinajstić information content (AvgIpc) is 3.13. The number of carbonyl (C=O) groups excluding carboxylic acids is 1. The van der Waals surface area contributed by atoms with E-state index in [9.17, 15) is 4.79 Å². The van der Waals surface area contributed by atoms with Gasteiger partial charge in [-0.2, -0.15) is 5.10 Å². The largest absolute Gasteiger partial charge is 0.336 e. The Bertz CT molecular complexity index is 669. The Morgan fingerprint density at radius 3 is 2.48 bits per heavy atom. The van der Waals surface area contributed by atoms with Crippen molar-refractivity contribution in [1.82, 2.24) is 24.9 Å². The van der Waals surface area contributed by atoms with Crippen LogP contribution in [0.4, 0.5) is 4.79 Å². The lowest BCUT2D eigenvalue weighted by Crippen LogP contribution is -2.41. The second kappa shape index (κ2) is 6.42. The molecular formula is C17H23N5O. The summed E-state index contributed by atoms with van der Waals surface area (Å²) in [7, 11) is 5.92. The number of hydrogen-bond acceptors (Lipinski definition) is 3. The Kier molecular flexibility index (Phi) is 4.34. The van der Waals surface area contributed by atoms with Crippen LogP contribution >= 0.6 is 0 Å². The Morgan fingerprint density at radius 2 is 1.96 bits per heavy atom. The monoisotopic (exact) mass is 313 g/mol. The second-order valence-electron chi connectivity index (χ2n) is 6.24. The molecule has 1 aromatic heterocycles. The smallest absolute Gasteiger partial charge is 0.318 e. The molecule has 2 aromatic rings. The Balaban J connectivity index is 1.60. The Labute approximate surface area is 136 Å². The van der Waals surface area contributed by atoms with Gasteiger partial charge in [-0.3, -0.25) is 4.68 Å². The lowest BCUT2D eigenvalue weighted by Gasteiger charge is -2.25. The van der Waals surface area contributed by atoms with Crippen molar-refractivity contribution in [1.29, 1.82) is 0 Å². The molecule has 0 saturated heterocycles. The number of rotatable bonds is 4. The number of benzene rings is 1. The topological polar surface area (TPSA) is 53.4 Å². The van der Waals surface area contributed by atoms with Crippen LogP contribution in [0.1, 0.15) is 22.7 Å². The molecule has 0 fully saturated rings. The first kappa shape index (κ1) is 15.6. The molecular weight excluding hydrogens is 290 g/mol. The number of amides is 2. The molecule has 1 N–H and O–H groups in total. The van der Waals surface area contributed by atoms with E-state index in [2.05, 4.69) is 27.4 Å². The van der Waals surface area contributed by atoms with Gasteiger partial charge in [-0.1, -0.05) is 24.3 Å². The number of nitrogens with zero attached hydrogens (tertiary/aromatic N) is 4. The summed E-state index contributed by atoms with van der Waals surface area (Å²) in [6.07, 6.45) is 3.84. The minimum absolute atomic E-state index is 0.0167. The van der Waals surface area contributed by atoms with Crippen molar-refractivity contribution in [2.24, 2.45) is 7.05 Å².